The SMILES string of the molecule is CCn1nc(C)c(CCCCCn2nc(C)cc2C(=O)Nc2nc3cc(C(N)=O)ccc3n2CC)c1C(=O)Nc1nc2cc(C(N)=O)ccc2n1CC. The van der Waals surface area contributed by atoms with Crippen LogP contribution in [0.4, 0.5) is 11.9 Å². The number of aromatic nitrogens is 8. The van der Waals surface area contributed by atoms with Gasteiger partial charge in [0.2, 0.25) is 23.7 Å². The Kier molecular flexibility index (Phi) is 10.4. The first-order valence-electron chi connectivity index (χ1n) is 17.8. The number of imidazole rings is 2. The molecule has 0 aliphatic rings. The fourth-order valence-corrected chi connectivity index (χ4v) is 6.76. The lowest BCUT2D eigenvalue weighted by Crippen LogP contribution is -2.21. The molecule has 0 atom stereocenters. The molecule has 4 aromatic heterocycles. The molecule has 4 amide bonds. The number of amides is 4. The van der Waals surface area contributed by atoms with Crippen molar-refractivity contribution < 1.29 is 19.2 Å². The lowest BCUT2D eigenvalue weighted by Gasteiger charge is -2.11. The number of carbonyl (C=O) groups excluding carboxylic acids is 4. The first-order valence-corrected chi connectivity index (χ1v) is 17.8. The molecule has 2 aromatic carbocycles. The predicted molar refractivity (Wildman–Crippen MR) is 201 cm³/mol. The van der Waals surface area contributed by atoms with Crippen molar-refractivity contribution in [3.63, 3.8) is 0 Å². The van der Waals surface area contributed by atoms with Crippen LogP contribution in [0.2, 0.25) is 0 Å². The van der Waals surface area contributed by atoms with Gasteiger partial charge in [-0.25, -0.2) is 9.97 Å². The average Bonchev–Trinajstić information content (AvgIpc) is 3.87. The smallest absolute Gasteiger partial charge is 0.276 e. The number of hydrogen-bond donors (Lipinski definition) is 4. The van der Waals surface area contributed by atoms with Crippen molar-refractivity contribution in [2.45, 2.75) is 86.5 Å². The van der Waals surface area contributed by atoms with Crippen molar-refractivity contribution in [1.29, 1.82) is 0 Å². The Hall–Kier alpha value is -6.32. The molecule has 0 aliphatic heterocycles. The number of benzene rings is 2. The molecular weight excluding hydrogens is 676 g/mol. The molecule has 0 spiro atoms. The molecule has 0 fully saturated rings. The molecule has 6 N–H and O–H groups in total. The Bertz CT molecular complexity index is 2380. The first-order chi connectivity index (χ1) is 25.4. The third-order valence-corrected chi connectivity index (χ3v) is 9.35. The molecule has 0 bridgehead atoms. The Morgan fingerprint density at radius 3 is 1.77 bits per heavy atom. The van der Waals surface area contributed by atoms with E-state index < -0.39 is 11.8 Å². The predicted octanol–water partition coefficient (Wildman–Crippen LogP) is 4.57. The molecule has 0 radical (unpaired) electrons. The summed E-state index contributed by atoms with van der Waals surface area (Å²) in [6.45, 7) is 11.7. The van der Waals surface area contributed by atoms with Crippen LogP contribution in [0.1, 0.15) is 98.7 Å². The molecule has 6 rings (SSSR count). The molecule has 16 nitrogen and oxygen atoms in total. The molecule has 6 aromatic rings. The molecule has 16 heteroatoms. The lowest BCUT2D eigenvalue weighted by molar-refractivity contribution is 0.0992. The maximum absolute atomic E-state index is 13.8. The van der Waals surface area contributed by atoms with Gasteiger partial charge in [-0.05, 0) is 96.3 Å². The van der Waals surface area contributed by atoms with Gasteiger partial charge in [-0.3, -0.25) is 39.2 Å². The number of nitrogens with zero attached hydrogens (tertiary/aromatic N) is 8. The fourth-order valence-electron chi connectivity index (χ4n) is 6.76. The highest BCUT2D eigenvalue weighted by atomic mass is 16.2. The number of fused-ring (bicyclic) bond motifs is 2. The summed E-state index contributed by atoms with van der Waals surface area (Å²) in [4.78, 5) is 59.9. The Morgan fingerprint density at radius 2 is 1.25 bits per heavy atom. The van der Waals surface area contributed by atoms with Crippen LogP contribution in [0, 0.1) is 13.8 Å². The van der Waals surface area contributed by atoms with Crippen LogP contribution in [0.5, 0.6) is 0 Å². The number of rotatable bonds is 15. The zero-order valence-corrected chi connectivity index (χ0v) is 30.6. The molecule has 4 heterocycles. The van der Waals surface area contributed by atoms with Crippen LogP contribution in [0.3, 0.4) is 0 Å². The highest BCUT2D eigenvalue weighted by molar-refractivity contribution is 6.05. The Morgan fingerprint density at radius 1 is 0.679 bits per heavy atom. The van der Waals surface area contributed by atoms with E-state index in [0.717, 1.165) is 41.6 Å². The standard InChI is InChI=1S/C37H44N12O4/c1-6-46-28-15-13-23(32(38)50)19-26(28)40-36(46)42-34(52)30-18-21(4)44-49(30)17-11-9-10-12-25-22(5)45-48(8-3)31(25)35(53)43-37-41-27-20-24(33(39)51)14-16-29(27)47(37)7-2/h13-16,18-20H,6-12,17H2,1-5H3,(H2,38,50)(H2,39,51)(H,40,42,52)(H,41,43,53). The lowest BCUT2D eigenvalue weighted by atomic mass is 10.0. The zero-order chi connectivity index (χ0) is 38.0. The normalized spacial score (nSPS) is 11.4. The second-order valence-corrected chi connectivity index (χ2v) is 12.8. The van der Waals surface area contributed by atoms with Crippen LogP contribution < -0.4 is 22.1 Å². The van der Waals surface area contributed by atoms with Gasteiger partial charge in [-0.2, -0.15) is 10.2 Å². The summed E-state index contributed by atoms with van der Waals surface area (Å²) >= 11 is 0. The largest absolute Gasteiger partial charge is 0.366 e. The van der Waals surface area contributed by atoms with Crippen LogP contribution in [-0.2, 0) is 32.6 Å². The number of primary amides is 2. The first kappa shape index (κ1) is 36.5. The topological polar surface area (TPSA) is 216 Å². The van der Waals surface area contributed by atoms with E-state index in [2.05, 4.69) is 30.8 Å². The van der Waals surface area contributed by atoms with Gasteiger partial charge in [-0.15, -0.1) is 0 Å². The van der Waals surface area contributed by atoms with Gasteiger partial charge in [0.05, 0.1) is 33.5 Å². The Balaban J connectivity index is 1.11. The van der Waals surface area contributed by atoms with E-state index in [1.54, 1.807) is 51.8 Å². The van der Waals surface area contributed by atoms with Gasteiger partial charge in [0.15, 0.2) is 0 Å². The summed E-state index contributed by atoms with van der Waals surface area (Å²) in [5.74, 6) is -1.00. The fraction of sp³-hybridized carbons (Fsp3) is 0.351. The van der Waals surface area contributed by atoms with Crippen molar-refractivity contribution in [2.75, 3.05) is 10.6 Å². The van der Waals surface area contributed by atoms with E-state index in [9.17, 15) is 19.2 Å². The number of nitrogens with one attached hydrogen (secondary N) is 2. The third kappa shape index (κ3) is 7.24. The average molecular weight is 721 g/mol. The molecule has 0 saturated carbocycles. The van der Waals surface area contributed by atoms with Gasteiger partial charge in [0.1, 0.15) is 11.4 Å². The summed E-state index contributed by atoms with van der Waals surface area (Å²) in [6, 6.07) is 11.8. The van der Waals surface area contributed by atoms with Crippen LogP contribution >= 0.6 is 0 Å². The van der Waals surface area contributed by atoms with Crippen LogP contribution in [0.15, 0.2) is 42.5 Å². The minimum absolute atomic E-state index is 0.310. The highest BCUT2D eigenvalue weighted by Crippen LogP contribution is 2.25. The van der Waals surface area contributed by atoms with E-state index in [-0.39, 0.29) is 11.8 Å². The molecular formula is C37H44N12O4. The van der Waals surface area contributed by atoms with Gasteiger partial charge in [-0.1, -0.05) is 6.42 Å². The highest BCUT2D eigenvalue weighted by Gasteiger charge is 2.24. The van der Waals surface area contributed by atoms with Crippen molar-refractivity contribution in [3.05, 3.63) is 81.9 Å². The summed E-state index contributed by atoms with van der Waals surface area (Å²) in [7, 11) is 0. The zero-order valence-electron chi connectivity index (χ0n) is 30.6. The van der Waals surface area contributed by atoms with Crippen LogP contribution in [-0.4, -0.2) is 62.3 Å². The molecule has 53 heavy (non-hydrogen) atoms. The number of aryl methyl sites for hydroxylation is 6. The second kappa shape index (κ2) is 15.1. The van der Waals surface area contributed by atoms with E-state index in [4.69, 9.17) is 11.5 Å². The maximum atomic E-state index is 13.8. The van der Waals surface area contributed by atoms with Crippen molar-refractivity contribution in [1.82, 2.24) is 38.7 Å². The maximum Gasteiger partial charge on any atom is 0.276 e. The van der Waals surface area contributed by atoms with Gasteiger partial charge < -0.3 is 20.6 Å². The Labute approximate surface area is 305 Å². The molecule has 0 saturated heterocycles. The van der Waals surface area contributed by atoms with Crippen molar-refractivity contribution in [3.8, 4) is 0 Å². The summed E-state index contributed by atoms with van der Waals surface area (Å²) < 4.78 is 7.17. The molecule has 0 unspecified atom stereocenters. The van der Waals surface area contributed by atoms with E-state index in [1.807, 2.05) is 43.8 Å². The molecule has 276 valence electrons. The van der Waals surface area contributed by atoms with E-state index in [0.29, 0.717) is 83.7 Å². The van der Waals surface area contributed by atoms with Crippen molar-refractivity contribution >= 4 is 57.6 Å². The van der Waals surface area contributed by atoms with Crippen LogP contribution in [0.25, 0.3) is 22.1 Å². The van der Waals surface area contributed by atoms with Gasteiger partial charge in [0.25, 0.3) is 11.8 Å². The minimum Gasteiger partial charge on any atom is -0.366 e. The monoisotopic (exact) mass is 720 g/mol. The summed E-state index contributed by atoms with van der Waals surface area (Å²) in [6.07, 6.45) is 2.99. The summed E-state index contributed by atoms with van der Waals surface area (Å²) in [5, 5.41) is 15.1. The number of unbranched alkanes of at least 4 members (excludes halogenated alkanes) is 2. The van der Waals surface area contributed by atoms with Gasteiger partial charge in [0, 0.05) is 42.9 Å². The quantitative estimate of drug-likeness (QED) is 0.110. The number of hydrogen-bond acceptors (Lipinski definition) is 8. The second-order valence-electron chi connectivity index (χ2n) is 12.8. The van der Waals surface area contributed by atoms with E-state index in [1.165, 1.54) is 0 Å². The minimum atomic E-state index is -0.548. The van der Waals surface area contributed by atoms with Gasteiger partial charge >= 0.3 is 0 Å². The van der Waals surface area contributed by atoms with Crippen molar-refractivity contribution in [2.24, 2.45) is 11.5 Å². The van der Waals surface area contributed by atoms with E-state index >= 15 is 0 Å². The summed E-state index contributed by atoms with van der Waals surface area (Å²) in [5.41, 5.74) is 17.6. The number of anilines is 2. The number of nitrogens with two attached hydrogens (primary N) is 2. The number of carbonyl (C=O) groups is 4. The third-order valence-electron chi connectivity index (χ3n) is 9.35. The molecule has 0 aliphatic carbocycles.